The standard InChI is InChI=1S/C18H25N3O4/c22-17(20-14-8-9-15-16(11-14)25-12-24-15)7-4-10-19-18(23)21-13-5-2-1-3-6-13/h8-9,11,13H,1-7,10,12H2,(H,20,22)(H2,19,21,23). The Hall–Kier alpha value is -2.44. The molecular formula is C18H25N3O4. The zero-order valence-corrected chi connectivity index (χ0v) is 14.3. The molecule has 7 nitrogen and oxygen atoms in total. The van der Waals surface area contributed by atoms with Gasteiger partial charge in [0.1, 0.15) is 0 Å². The van der Waals surface area contributed by atoms with Crippen LogP contribution in [0.3, 0.4) is 0 Å². The number of fused-ring (bicyclic) bond motifs is 1. The van der Waals surface area contributed by atoms with Gasteiger partial charge in [0.2, 0.25) is 12.7 Å². The summed E-state index contributed by atoms with van der Waals surface area (Å²) in [5, 5.41) is 8.63. The normalized spacial score (nSPS) is 16.3. The van der Waals surface area contributed by atoms with E-state index in [9.17, 15) is 9.59 Å². The highest BCUT2D eigenvalue weighted by molar-refractivity contribution is 5.91. The van der Waals surface area contributed by atoms with Crippen molar-refractivity contribution in [3.8, 4) is 11.5 Å². The van der Waals surface area contributed by atoms with Gasteiger partial charge < -0.3 is 25.4 Å². The number of hydrogen-bond acceptors (Lipinski definition) is 4. The van der Waals surface area contributed by atoms with Crippen LogP contribution < -0.4 is 25.4 Å². The summed E-state index contributed by atoms with van der Waals surface area (Å²) in [7, 11) is 0. The number of anilines is 1. The molecule has 1 aromatic carbocycles. The fraction of sp³-hybridized carbons (Fsp3) is 0.556. The molecule has 0 saturated heterocycles. The molecule has 0 radical (unpaired) electrons. The molecular weight excluding hydrogens is 322 g/mol. The molecule has 3 amide bonds. The summed E-state index contributed by atoms with van der Waals surface area (Å²) in [6.45, 7) is 0.689. The first-order valence-electron chi connectivity index (χ1n) is 8.94. The van der Waals surface area contributed by atoms with Crippen LogP contribution in [0.4, 0.5) is 10.5 Å². The van der Waals surface area contributed by atoms with Crippen LogP contribution in [0, 0.1) is 0 Å². The van der Waals surface area contributed by atoms with Gasteiger partial charge in [-0.1, -0.05) is 19.3 Å². The van der Waals surface area contributed by atoms with E-state index >= 15 is 0 Å². The minimum absolute atomic E-state index is 0.0895. The highest BCUT2D eigenvalue weighted by atomic mass is 16.7. The summed E-state index contributed by atoms with van der Waals surface area (Å²) >= 11 is 0. The van der Waals surface area contributed by atoms with Crippen molar-refractivity contribution in [3.63, 3.8) is 0 Å². The molecule has 1 aliphatic heterocycles. The number of benzene rings is 1. The average Bonchev–Trinajstić information content (AvgIpc) is 3.07. The van der Waals surface area contributed by atoms with Gasteiger partial charge in [0, 0.05) is 30.8 Å². The summed E-state index contributed by atoms with van der Waals surface area (Å²) < 4.78 is 10.5. The molecule has 0 aromatic heterocycles. The molecule has 1 aliphatic carbocycles. The Balaban J connectivity index is 1.30. The number of hydrogen-bond donors (Lipinski definition) is 3. The molecule has 1 aromatic rings. The fourth-order valence-electron chi connectivity index (χ4n) is 3.13. The molecule has 1 saturated carbocycles. The zero-order chi connectivity index (χ0) is 17.5. The highest BCUT2D eigenvalue weighted by Crippen LogP contribution is 2.34. The predicted octanol–water partition coefficient (Wildman–Crippen LogP) is 2.77. The summed E-state index contributed by atoms with van der Waals surface area (Å²) in [6.07, 6.45) is 6.69. The van der Waals surface area contributed by atoms with Crippen LogP contribution in [0.5, 0.6) is 11.5 Å². The van der Waals surface area contributed by atoms with Gasteiger partial charge in [-0.3, -0.25) is 4.79 Å². The molecule has 1 fully saturated rings. The predicted molar refractivity (Wildman–Crippen MR) is 93.8 cm³/mol. The third kappa shape index (κ3) is 5.27. The van der Waals surface area contributed by atoms with E-state index in [2.05, 4.69) is 16.0 Å². The van der Waals surface area contributed by atoms with E-state index in [1.807, 2.05) is 0 Å². The highest BCUT2D eigenvalue weighted by Gasteiger charge is 2.16. The van der Waals surface area contributed by atoms with Crippen LogP contribution in [0.25, 0.3) is 0 Å². The molecule has 0 atom stereocenters. The minimum Gasteiger partial charge on any atom is -0.454 e. The van der Waals surface area contributed by atoms with Crippen molar-refractivity contribution in [1.82, 2.24) is 10.6 Å². The third-order valence-corrected chi connectivity index (χ3v) is 4.46. The first-order chi connectivity index (χ1) is 12.2. The SMILES string of the molecule is O=C(CCCNC(=O)NC1CCCCC1)Nc1ccc2c(c1)OCO2. The largest absolute Gasteiger partial charge is 0.454 e. The van der Waals surface area contributed by atoms with Crippen molar-refractivity contribution >= 4 is 17.6 Å². The Morgan fingerprint density at radius 1 is 1.08 bits per heavy atom. The van der Waals surface area contributed by atoms with Crippen molar-refractivity contribution in [3.05, 3.63) is 18.2 Å². The van der Waals surface area contributed by atoms with E-state index in [0.717, 1.165) is 12.8 Å². The number of urea groups is 1. The summed E-state index contributed by atoms with van der Waals surface area (Å²) in [5.41, 5.74) is 0.678. The Morgan fingerprint density at radius 2 is 1.88 bits per heavy atom. The Labute approximate surface area is 147 Å². The van der Waals surface area contributed by atoms with E-state index in [1.165, 1.54) is 19.3 Å². The topological polar surface area (TPSA) is 88.7 Å². The Bertz CT molecular complexity index is 614. The number of carbonyl (C=O) groups is 2. The van der Waals surface area contributed by atoms with Crippen LogP contribution >= 0.6 is 0 Å². The average molecular weight is 347 g/mol. The number of amides is 3. The molecule has 0 bridgehead atoms. The van der Waals surface area contributed by atoms with Gasteiger partial charge in [-0.15, -0.1) is 0 Å². The number of nitrogens with one attached hydrogen (secondary N) is 3. The third-order valence-electron chi connectivity index (χ3n) is 4.46. The zero-order valence-electron chi connectivity index (χ0n) is 14.3. The molecule has 0 unspecified atom stereocenters. The van der Waals surface area contributed by atoms with Gasteiger partial charge in [0.15, 0.2) is 11.5 Å². The minimum atomic E-state index is -0.136. The first-order valence-corrected chi connectivity index (χ1v) is 8.94. The van der Waals surface area contributed by atoms with Crippen LogP contribution in [-0.4, -0.2) is 31.3 Å². The summed E-state index contributed by atoms with van der Waals surface area (Å²) in [6, 6.07) is 5.46. The molecule has 3 rings (SSSR count). The molecule has 25 heavy (non-hydrogen) atoms. The molecule has 0 spiro atoms. The number of ether oxygens (including phenoxy) is 2. The maximum absolute atomic E-state index is 12.0. The molecule has 3 N–H and O–H groups in total. The van der Waals surface area contributed by atoms with Crippen molar-refractivity contribution in [2.75, 3.05) is 18.7 Å². The lowest BCUT2D eigenvalue weighted by Crippen LogP contribution is -2.43. The van der Waals surface area contributed by atoms with Gasteiger partial charge in [-0.05, 0) is 31.4 Å². The molecule has 1 heterocycles. The van der Waals surface area contributed by atoms with E-state index in [-0.39, 0.29) is 18.7 Å². The van der Waals surface area contributed by atoms with Gasteiger partial charge in [0.25, 0.3) is 0 Å². The van der Waals surface area contributed by atoms with Crippen LogP contribution in [0.1, 0.15) is 44.9 Å². The molecule has 7 heteroatoms. The van der Waals surface area contributed by atoms with Crippen molar-refractivity contribution in [2.24, 2.45) is 0 Å². The van der Waals surface area contributed by atoms with Gasteiger partial charge in [0.05, 0.1) is 0 Å². The van der Waals surface area contributed by atoms with Gasteiger partial charge in [-0.25, -0.2) is 4.79 Å². The van der Waals surface area contributed by atoms with Crippen LogP contribution in [-0.2, 0) is 4.79 Å². The summed E-state index contributed by atoms with van der Waals surface area (Å²) in [5.74, 6) is 1.23. The Morgan fingerprint density at radius 3 is 2.72 bits per heavy atom. The Kier molecular flexibility index (Phi) is 5.98. The van der Waals surface area contributed by atoms with Crippen LogP contribution in [0.15, 0.2) is 18.2 Å². The second-order valence-corrected chi connectivity index (χ2v) is 6.45. The second-order valence-electron chi connectivity index (χ2n) is 6.45. The van der Waals surface area contributed by atoms with E-state index in [4.69, 9.17) is 9.47 Å². The number of carbonyl (C=O) groups excluding carboxylic acids is 2. The van der Waals surface area contributed by atoms with Crippen molar-refractivity contribution in [2.45, 2.75) is 51.0 Å². The van der Waals surface area contributed by atoms with E-state index in [0.29, 0.717) is 42.6 Å². The van der Waals surface area contributed by atoms with Gasteiger partial charge >= 0.3 is 6.03 Å². The lowest BCUT2D eigenvalue weighted by molar-refractivity contribution is -0.116. The van der Waals surface area contributed by atoms with Crippen molar-refractivity contribution < 1.29 is 19.1 Å². The van der Waals surface area contributed by atoms with Gasteiger partial charge in [-0.2, -0.15) is 0 Å². The smallest absolute Gasteiger partial charge is 0.315 e. The monoisotopic (exact) mass is 347 g/mol. The fourth-order valence-corrected chi connectivity index (χ4v) is 3.13. The number of rotatable bonds is 6. The van der Waals surface area contributed by atoms with Crippen LogP contribution in [0.2, 0.25) is 0 Å². The quantitative estimate of drug-likeness (QED) is 0.691. The lowest BCUT2D eigenvalue weighted by atomic mass is 9.96. The van der Waals surface area contributed by atoms with E-state index in [1.54, 1.807) is 18.2 Å². The second kappa shape index (κ2) is 8.60. The van der Waals surface area contributed by atoms with E-state index < -0.39 is 0 Å². The lowest BCUT2D eigenvalue weighted by Gasteiger charge is -2.22. The molecule has 2 aliphatic rings. The maximum atomic E-state index is 12.0. The summed E-state index contributed by atoms with van der Waals surface area (Å²) in [4.78, 5) is 23.8. The molecule has 136 valence electrons. The van der Waals surface area contributed by atoms with Crippen molar-refractivity contribution in [1.29, 1.82) is 0 Å². The first kappa shape index (κ1) is 17.4. The maximum Gasteiger partial charge on any atom is 0.315 e.